The van der Waals surface area contributed by atoms with Crippen molar-refractivity contribution < 1.29 is 4.79 Å². The average molecular weight is 476 g/mol. The molecule has 2 atom stereocenters. The van der Waals surface area contributed by atoms with Gasteiger partial charge in [0, 0.05) is 18.3 Å². The van der Waals surface area contributed by atoms with E-state index in [1.165, 1.54) is 51.4 Å². The fourth-order valence-corrected chi connectivity index (χ4v) is 5.13. The first kappa shape index (κ1) is 23.9. The molecule has 30 heavy (non-hydrogen) atoms. The van der Waals surface area contributed by atoms with E-state index in [-0.39, 0.29) is 17.8 Å². The highest BCUT2D eigenvalue weighted by Crippen LogP contribution is 2.28. The number of rotatable bonds is 3. The van der Waals surface area contributed by atoms with Crippen molar-refractivity contribution in [2.75, 3.05) is 11.9 Å². The monoisotopic (exact) mass is 474 g/mol. The van der Waals surface area contributed by atoms with Crippen LogP contribution in [0, 0.1) is 0 Å². The Balaban J connectivity index is 1.64. The molecule has 2 aliphatic rings. The quantitative estimate of drug-likeness (QED) is 0.343. The van der Waals surface area contributed by atoms with Gasteiger partial charge >= 0.3 is 6.03 Å². The number of halogens is 3. The summed E-state index contributed by atoms with van der Waals surface area (Å²) < 4.78 is 0. The molecule has 1 heterocycles. The summed E-state index contributed by atoms with van der Waals surface area (Å²) in [5.74, 6) is 0. The van der Waals surface area contributed by atoms with Gasteiger partial charge in [0.25, 0.3) is 0 Å². The van der Waals surface area contributed by atoms with Crippen LogP contribution in [0.15, 0.2) is 18.2 Å². The summed E-state index contributed by atoms with van der Waals surface area (Å²) in [6, 6.07) is 5.12. The standard InChI is InChI=1S/C22H33Cl3N4O/c23-18-12-11-16(15-19(18)24)27-22(30)28-21-26-14-13-20(25)29(21)17-9-7-5-3-1-2-4-6-8-10-17/h11-12,15,17,20-21,26H,1-10,13-14H2,(H2,27,28,30). The normalized spacial score (nSPS) is 25.3. The van der Waals surface area contributed by atoms with Gasteiger partial charge in [0.05, 0.1) is 15.5 Å². The predicted molar refractivity (Wildman–Crippen MR) is 126 cm³/mol. The zero-order valence-corrected chi connectivity index (χ0v) is 19.7. The summed E-state index contributed by atoms with van der Waals surface area (Å²) >= 11 is 18.8. The Bertz CT molecular complexity index is 678. The maximum Gasteiger partial charge on any atom is 0.321 e. The third kappa shape index (κ3) is 7.16. The molecule has 3 rings (SSSR count). The van der Waals surface area contributed by atoms with Gasteiger partial charge in [-0.15, -0.1) is 11.6 Å². The predicted octanol–water partition coefficient (Wildman–Crippen LogP) is 6.54. The number of carbonyl (C=O) groups excluding carboxylic acids is 1. The number of alkyl halides is 1. The van der Waals surface area contributed by atoms with Crippen molar-refractivity contribution >= 4 is 46.5 Å². The second kappa shape index (κ2) is 12.4. The molecular weight excluding hydrogens is 443 g/mol. The summed E-state index contributed by atoms with van der Waals surface area (Å²) in [5, 5.41) is 10.2. The Hall–Kier alpha value is -0.720. The Kier molecular flexibility index (Phi) is 9.85. The topological polar surface area (TPSA) is 56.4 Å². The van der Waals surface area contributed by atoms with Gasteiger partial charge in [0.1, 0.15) is 6.29 Å². The van der Waals surface area contributed by atoms with Crippen LogP contribution in [0.2, 0.25) is 10.0 Å². The summed E-state index contributed by atoms with van der Waals surface area (Å²) in [6.45, 7) is 0.773. The van der Waals surface area contributed by atoms with Crippen molar-refractivity contribution in [3.05, 3.63) is 28.2 Å². The molecule has 1 aliphatic carbocycles. The van der Waals surface area contributed by atoms with Crippen LogP contribution in [0.3, 0.4) is 0 Å². The van der Waals surface area contributed by atoms with Crippen LogP contribution >= 0.6 is 34.8 Å². The number of benzene rings is 1. The molecule has 0 aromatic heterocycles. The van der Waals surface area contributed by atoms with Gasteiger partial charge in [-0.05, 0) is 37.5 Å². The van der Waals surface area contributed by atoms with Crippen molar-refractivity contribution in [2.45, 2.75) is 88.5 Å². The molecule has 2 fully saturated rings. The number of amides is 2. The van der Waals surface area contributed by atoms with E-state index in [0.717, 1.165) is 25.8 Å². The number of anilines is 1. The molecule has 0 radical (unpaired) electrons. The lowest BCUT2D eigenvalue weighted by molar-refractivity contribution is 0.0383. The number of urea groups is 1. The van der Waals surface area contributed by atoms with Crippen LogP contribution < -0.4 is 16.0 Å². The maximum absolute atomic E-state index is 12.7. The van der Waals surface area contributed by atoms with E-state index in [9.17, 15) is 4.79 Å². The van der Waals surface area contributed by atoms with Crippen molar-refractivity contribution in [1.29, 1.82) is 0 Å². The van der Waals surface area contributed by atoms with Crippen molar-refractivity contribution in [2.24, 2.45) is 0 Å². The molecule has 8 heteroatoms. The van der Waals surface area contributed by atoms with Crippen molar-refractivity contribution in [1.82, 2.24) is 15.5 Å². The van der Waals surface area contributed by atoms with E-state index in [1.54, 1.807) is 18.2 Å². The second-order valence-electron chi connectivity index (χ2n) is 8.31. The van der Waals surface area contributed by atoms with Crippen LogP contribution in [0.25, 0.3) is 0 Å². The lowest BCUT2D eigenvalue weighted by Crippen LogP contribution is -2.65. The molecule has 5 nitrogen and oxygen atoms in total. The van der Waals surface area contributed by atoms with Gasteiger partial charge < -0.3 is 10.6 Å². The molecule has 168 valence electrons. The zero-order valence-electron chi connectivity index (χ0n) is 17.4. The molecule has 1 saturated heterocycles. The van der Waals surface area contributed by atoms with E-state index in [4.69, 9.17) is 34.8 Å². The Labute approximate surface area is 195 Å². The summed E-state index contributed by atoms with van der Waals surface area (Å²) in [5.41, 5.74) is 0.512. The molecule has 1 aromatic rings. The van der Waals surface area contributed by atoms with E-state index in [2.05, 4.69) is 20.9 Å². The Morgan fingerprint density at radius 2 is 1.57 bits per heavy atom. The van der Waals surface area contributed by atoms with Gasteiger partial charge in [-0.3, -0.25) is 10.2 Å². The maximum atomic E-state index is 12.7. The molecule has 1 aromatic carbocycles. The molecule has 2 amide bonds. The van der Waals surface area contributed by atoms with Gasteiger partial charge in [0.15, 0.2) is 0 Å². The fourth-order valence-electron chi connectivity index (χ4n) is 4.45. The van der Waals surface area contributed by atoms with Crippen LogP contribution in [0.1, 0.15) is 70.6 Å². The largest absolute Gasteiger partial charge is 0.321 e. The molecule has 1 saturated carbocycles. The van der Waals surface area contributed by atoms with Gasteiger partial charge in [0.2, 0.25) is 0 Å². The summed E-state index contributed by atoms with van der Waals surface area (Å²) in [7, 11) is 0. The lowest BCUT2D eigenvalue weighted by Gasteiger charge is -2.45. The van der Waals surface area contributed by atoms with E-state index in [0.29, 0.717) is 21.8 Å². The smallest absolute Gasteiger partial charge is 0.309 e. The van der Waals surface area contributed by atoms with Crippen LogP contribution in [-0.4, -0.2) is 35.3 Å². The second-order valence-corrected chi connectivity index (χ2v) is 9.63. The van der Waals surface area contributed by atoms with Crippen LogP contribution in [0.5, 0.6) is 0 Å². The van der Waals surface area contributed by atoms with E-state index < -0.39 is 0 Å². The summed E-state index contributed by atoms with van der Waals surface area (Å²) in [4.78, 5) is 14.9. The number of carbonyl (C=O) groups is 1. The highest BCUT2D eigenvalue weighted by molar-refractivity contribution is 6.42. The third-order valence-corrected chi connectivity index (χ3v) is 7.22. The fraction of sp³-hybridized carbons (Fsp3) is 0.682. The molecule has 0 bridgehead atoms. The molecule has 3 N–H and O–H groups in total. The number of nitrogens with zero attached hydrogens (tertiary/aromatic N) is 1. The third-order valence-electron chi connectivity index (χ3n) is 6.03. The first-order chi connectivity index (χ1) is 14.5. The zero-order chi connectivity index (χ0) is 21.3. The van der Waals surface area contributed by atoms with Gasteiger partial charge in [-0.1, -0.05) is 74.6 Å². The van der Waals surface area contributed by atoms with Crippen molar-refractivity contribution in [3.63, 3.8) is 0 Å². The van der Waals surface area contributed by atoms with E-state index >= 15 is 0 Å². The SMILES string of the molecule is O=C(Nc1ccc(Cl)c(Cl)c1)NC1NCCC(Cl)N1C1CCCCCCCCCC1. The van der Waals surface area contributed by atoms with Crippen molar-refractivity contribution in [3.8, 4) is 0 Å². The Morgan fingerprint density at radius 1 is 0.933 bits per heavy atom. The van der Waals surface area contributed by atoms with E-state index in [1.807, 2.05) is 0 Å². The first-order valence-electron chi connectivity index (χ1n) is 11.2. The number of hydrogen-bond acceptors (Lipinski definition) is 3. The molecular formula is C22H33Cl3N4O. The molecule has 2 unspecified atom stereocenters. The highest BCUT2D eigenvalue weighted by Gasteiger charge is 2.35. The lowest BCUT2D eigenvalue weighted by atomic mass is 10.00. The molecule has 1 aliphatic heterocycles. The minimum Gasteiger partial charge on any atom is -0.309 e. The minimum atomic E-state index is -0.293. The highest BCUT2D eigenvalue weighted by atomic mass is 35.5. The van der Waals surface area contributed by atoms with Crippen LogP contribution in [-0.2, 0) is 0 Å². The number of nitrogens with one attached hydrogen (secondary N) is 3. The van der Waals surface area contributed by atoms with Gasteiger partial charge in [-0.25, -0.2) is 4.79 Å². The molecule has 0 spiro atoms. The van der Waals surface area contributed by atoms with Crippen LogP contribution in [0.4, 0.5) is 10.5 Å². The average Bonchev–Trinajstić information content (AvgIpc) is 2.77. The van der Waals surface area contributed by atoms with Gasteiger partial charge in [-0.2, -0.15) is 0 Å². The Morgan fingerprint density at radius 3 is 2.20 bits per heavy atom. The minimum absolute atomic E-state index is 0.0864. The first-order valence-corrected chi connectivity index (χ1v) is 12.4. The number of hydrogen-bond donors (Lipinski definition) is 3. The summed E-state index contributed by atoms with van der Waals surface area (Å²) in [6.07, 6.45) is 13.2.